The lowest BCUT2D eigenvalue weighted by Crippen LogP contribution is -2.10. The summed E-state index contributed by atoms with van der Waals surface area (Å²) >= 11 is 0. The van der Waals surface area contributed by atoms with Crippen LogP contribution in [-0.2, 0) is 6.54 Å². The van der Waals surface area contributed by atoms with Gasteiger partial charge in [-0.05, 0) is 24.3 Å². The molecule has 0 radical (unpaired) electrons. The van der Waals surface area contributed by atoms with Crippen molar-refractivity contribution in [3.63, 3.8) is 0 Å². The van der Waals surface area contributed by atoms with Gasteiger partial charge in [-0.15, -0.1) is 0 Å². The highest BCUT2D eigenvalue weighted by atomic mass is 16.5. The van der Waals surface area contributed by atoms with Gasteiger partial charge in [-0.1, -0.05) is 24.3 Å². The zero-order chi connectivity index (χ0) is 13.9. The quantitative estimate of drug-likeness (QED) is 0.682. The van der Waals surface area contributed by atoms with Crippen molar-refractivity contribution in [2.75, 3.05) is 7.11 Å². The van der Waals surface area contributed by atoms with E-state index in [1.807, 2.05) is 41.0 Å². The van der Waals surface area contributed by atoms with Crippen molar-refractivity contribution in [2.45, 2.75) is 6.54 Å². The van der Waals surface area contributed by atoms with Crippen LogP contribution in [0, 0.1) is 0 Å². The molecule has 0 saturated carbocycles. The lowest BCUT2D eigenvalue weighted by Gasteiger charge is -2.08. The van der Waals surface area contributed by atoms with Crippen LogP contribution >= 0.6 is 0 Å². The molecule has 3 rings (SSSR count). The molecule has 3 aromatic rings. The van der Waals surface area contributed by atoms with Crippen LogP contribution in [-0.4, -0.2) is 22.4 Å². The molecule has 0 bridgehead atoms. The van der Waals surface area contributed by atoms with Gasteiger partial charge < -0.3 is 9.30 Å². The number of Topliss-reactive ketones (excluding diaryl/α,β-unsaturated/α-hetero) is 1. The first-order chi connectivity index (χ1) is 9.79. The summed E-state index contributed by atoms with van der Waals surface area (Å²) in [4.78, 5) is 16.7. The summed E-state index contributed by atoms with van der Waals surface area (Å²) in [5.74, 6) is 0.604. The Morgan fingerprint density at radius 2 is 1.90 bits per heavy atom. The number of nitrogens with zero attached hydrogens (tertiary/aromatic N) is 2. The van der Waals surface area contributed by atoms with E-state index in [1.54, 1.807) is 25.6 Å². The highest BCUT2D eigenvalue weighted by Gasteiger charge is 2.13. The number of carbonyl (C=O) groups is 1. The zero-order valence-corrected chi connectivity index (χ0v) is 11.1. The van der Waals surface area contributed by atoms with Crippen molar-refractivity contribution in [2.24, 2.45) is 0 Å². The number of hydrogen-bond donors (Lipinski definition) is 0. The fraction of sp³-hybridized carbons (Fsp3) is 0.125. The number of hydrogen-bond acceptors (Lipinski definition) is 3. The third-order valence-corrected chi connectivity index (χ3v) is 3.25. The maximum atomic E-state index is 12.4. The topological polar surface area (TPSA) is 44.1 Å². The van der Waals surface area contributed by atoms with Crippen LogP contribution < -0.4 is 4.74 Å². The molecule has 0 aliphatic heterocycles. The average Bonchev–Trinajstić information content (AvgIpc) is 2.90. The monoisotopic (exact) mass is 266 g/mol. The molecule has 0 unspecified atom stereocenters. The van der Waals surface area contributed by atoms with E-state index in [4.69, 9.17) is 4.74 Å². The van der Waals surface area contributed by atoms with Crippen molar-refractivity contribution in [1.29, 1.82) is 0 Å². The molecule has 1 heterocycles. The molecule has 4 nitrogen and oxygen atoms in total. The first kappa shape index (κ1) is 12.4. The summed E-state index contributed by atoms with van der Waals surface area (Å²) in [6, 6.07) is 15.0. The van der Waals surface area contributed by atoms with Crippen molar-refractivity contribution < 1.29 is 9.53 Å². The van der Waals surface area contributed by atoms with Gasteiger partial charge in [0.15, 0.2) is 5.78 Å². The van der Waals surface area contributed by atoms with Crippen LogP contribution in [0.4, 0.5) is 0 Å². The summed E-state index contributed by atoms with van der Waals surface area (Å²) in [6.45, 7) is 0.251. The molecule has 0 saturated heterocycles. The van der Waals surface area contributed by atoms with Gasteiger partial charge in [-0.2, -0.15) is 0 Å². The average molecular weight is 266 g/mol. The van der Waals surface area contributed by atoms with Gasteiger partial charge in [0.2, 0.25) is 0 Å². The van der Waals surface area contributed by atoms with Gasteiger partial charge >= 0.3 is 0 Å². The lowest BCUT2D eigenvalue weighted by atomic mass is 10.1. The molecule has 4 heteroatoms. The van der Waals surface area contributed by atoms with Crippen LogP contribution in [0.1, 0.15) is 10.4 Å². The standard InChI is InChI=1S/C16H14N2O2/c1-20-16-9-5-2-6-12(16)15(19)10-18-11-17-13-7-3-4-8-14(13)18/h2-9,11H,10H2,1H3. The molecule has 0 spiro atoms. The predicted molar refractivity (Wildman–Crippen MR) is 77.1 cm³/mol. The molecule has 2 aromatic carbocycles. The minimum atomic E-state index is 0.00519. The number of rotatable bonds is 4. The third-order valence-electron chi connectivity index (χ3n) is 3.25. The highest BCUT2D eigenvalue weighted by molar-refractivity contribution is 5.99. The van der Waals surface area contributed by atoms with E-state index in [9.17, 15) is 4.79 Å². The first-order valence-electron chi connectivity index (χ1n) is 6.35. The Bertz CT molecular complexity index is 762. The number of benzene rings is 2. The fourth-order valence-corrected chi connectivity index (χ4v) is 2.25. The van der Waals surface area contributed by atoms with E-state index in [0.717, 1.165) is 11.0 Å². The number of methoxy groups -OCH3 is 1. The highest BCUT2D eigenvalue weighted by Crippen LogP contribution is 2.19. The predicted octanol–water partition coefficient (Wildman–Crippen LogP) is 2.93. The van der Waals surface area contributed by atoms with E-state index >= 15 is 0 Å². The van der Waals surface area contributed by atoms with Crippen molar-refractivity contribution in [3.05, 3.63) is 60.4 Å². The number of ether oxygens (including phenoxy) is 1. The summed E-state index contributed by atoms with van der Waals surface area (Å²) in [7, 11) is 1.57. The number of aromatic nitrogens is 2. The van der Waals surface area contributed by atoms with Crippen LogP contribution in [0.15, 0.2) is 54.9 Å². The molecule has 20 heavy (non-hydrogen) atoms. The molecule has 0 aliphatic rings. The summed E-state index contributed by atoms with van der Waals surface area (Å²) in [5.41, 5.74) is 2.43. The lowest BCUT2D eigenvalue weighted by molar-refractivity contribution is 0.0970. The zero-order valence-electron chi connectivity index (χ0n) is 11.1. The van der Waals surface area contributed by atoms with Gasteiger partial charge in [-0.25, -0.2) is 4.98 Å². The molecule has 0 amide bonds. The molecule has 100 valence electrons. The maximum Gasteiger partial charge on any atom is 0.186 e. The summed E-state index contributed by atoms with van der Waals surface area (Å²) in [6.07, 6.45) is 1.69. The van der Waals surface area contributed by atoms with Crippen molar-refractivity contribution in [3.8, 4) is 5.75 Å². The minimum Gasteiger partial charge on any atom is -0.496 e. The molecular weight excluding hydrogens is 252 g/mol. The van der Waals surface area contributed by atoms with Crippen LogP contribution in [0.3, 0.4) is 0 Å². The van der Waals surface area contributed by atoms with Crippen molar-refractivity contribution >= 4 is 16.8 Å². The second-order valence-corrected chi connectivity index (χ2v) is 4.48. The largest absolute Gasteiger partial charge is 0.496 e. The van der Waals surface area contributed by atoms with E-state index in [-0.39, 0.29) is 12.3 Å². The summed E-state index contributed by atoms with van der Waals surface area (Å²) in [5, 5.41) is 0. The molecule has 1 aromatic heterocycles. The maximum absolute atomic E-state index is 12.4. The second kappa shape index (κ2) is 5.17. The summed E-state index contributed by atoms with van der Waals surface area (Å²) < 4.78 is 7.08. The Morgan fingerprint density at radius 1 is 1.15 bits per heavy atom. The fourth-order valence-electron chi connectivity index (χ4n) is 2.25. The molecule has 0 N–H and O–H groups in total. The third kappa shape index (κ3) is 2.16. The van der Waals surface area contributed by atoms with Gasteiger partial charge in [-0.3, -0.25) is 4.79 Å². The van der Waals surface area contributed by atoms with Crippen LogP contribution in [0.2, 0.25) is 0 Å². The Kier molecular flexibility index (Phi) is 3.21. The smallest absolute Gasteiger partial charge is 0.186 e. The Labute approximate surface area is 116 Å². The molecule has 0 atom stereocenters. The molecule has 0 aliphatic carbocycles. The number of imidazole rings is 1. The minimum absolute atomic E-state index is 0.00519. The van der Waals surface area contributed by atoms with Gasteiger partial charge in [0.1, 0.15) is 5.75 Å². The Hall–Kier alpha value is -2.62. The first-order valence-corrected chi connectivity index (χ1v) is 6.35. The number of carbonyl (C=O) groups excluding carboxylic acids is 1. The Balaban J connectivity index is 1.93. The SMILES string of the molecule is COc1ccccc1C(=O)Cn1cnc2ccccc21. The molecular formula is C16H14N2O2. The van der Waals surface area contributed by atoms with Gasteiger partial charge in [0.05, 0.1) is 36.6 Å². The van der Waals surface area contributed by atoms with E-state index in [0.29, 0.717) is 11.3 Å². The van der Waals surface area contributed by atoms with E-state index in [1.165, 1.54) is 0 Å². The normalized spacial score (nSPS) is 10.7. The van der Waals surface area contributed by atoms with Crippen LogP contribution in [0.25, 0.3) is 11.0 Å². The molecule has 0 fully saturated rings. The van der Waals surface area contributed by atoms with Gasteiger partial charge in [0.25, 0.3) is 0 Å². The van der Waals surface area contributed by atoms with Crippen LogP contribution in [0.5, 0.6) is 5.75 Å². The number of fused-ring (bicyclic) bond motifs is 1. The second-order valence-electron chi connectivity index (χ2n) is 4.48. The Morgan fingerprint density at radius 3 is 2.75 bits per heavy atom. The van der Waals surface area contributed by atoms with E-state index in [2.05, 4.69) is 4.98 Å². The number of para-hydroxylation sites is 3. The number of ketones is 1. The van der Waals surface area contributed by atoms with Gasteiger partial charge in [0, 0.05) is 0 Å². The van der Waals surface area contributed by atoms with E-state index < -0.39 is 0 Å². The van der Waals surface area contributed by atoms with Crippen molar-refractivity contribution in [1.82, 2.24) is 9.55 Å².